The number of hydrogen-bond donors (Lipinski definition) is 2. The minimum Gasteiger partial charge on any atom is -0.271 e. The predicted octanol–water partition coefficient (Wildman–Crippen LogP) is 2.97. The van der Waals surface area contributed by atoms with Crippen LogP contribution in [-0.4, -0.2) is 0 Å². The second-order valence-corrected chi connectivity index (χ2v) is 4.30. The molecule has 1 aliphatic rings. The van der Waals surface area contributed by atoms with Gasteiger partial charge in [-0.15, -0.1) is 0 Å². The number of benzene rings is 1. The molecule has 92 valence electrons. The normalized spacial score (nSPS) is 17.7. The maximum absolute atomic E-state index is 13.2. The van der Waals surface area contributed by atoms with Gasteiger partial charge >= 0.3 is 0 Å². The van der Waals surface area contributed by atoms with Gasteiger partial charge in [-0.1, -0.05) is 17.7 Å². The highest BCUT2D eigenvalue weighted by molar-refractivity contribution is 5.29. The quantitative estimate of drug-likeness (QED) is 0.482. The van der Waals surface area contributed by atoms with Gasteiger partial charge in [-0.3, -0.25) is 5.84 Å². The maximum atomic E-state index is 13.2. The average Bonchev–Trinajstić information content (AvgIpc) is 2.36. The van der Waals surface area contributed by atoms with Gasteiger partial charge in [0.25, 0.3) is 0 Å². The first-order valence-electron chi connectivity index (χ1n) is 5.82. The van der Waals surface area contributed by atoms with Crippen LogP contribution in [0, 0.1) is 11.6 Å². The summed E-state index contributed by atoms with van der Waals surface area (Å²) in [6.45, 7) is 0. The molecule has 1 aromatic carbocycles. The summed E-state index contributed by atoms with van der Waals surface area (Å²) in [5.41, 5.74) is 4.50. The van der Waals surface area contributed by atoms with E-state index in [2.05, 4.69) is 11.5 Å². The minimum absolute atomic E-state index is 0.217. The first-order chi connectivity index (χ1) is 8.22. The Kier molecular flexibility index (Phi) is 3.86. The van der Waals surface area contributed by atoms with Crippen LogP contribution in [0.3, 0.4) is 0 Å². The summed E-state index contributed by atoms with van der Waals surface area (Å²) in [6, 6.07) is 3.69. The number of halogens is 2. The van der Waals surface area contributed by atoms with E-state index in [1.807, 2.05) is 0 Å². The van der Waals surface area contributed by atoms with Crippen LogP contribution in [-0.2, 0) is 0 Å². The maximum Gasteiger partial charge on any atom is 0.159 e. The molecular weight excluding hydrogens is 222 g/mol. The summed E-state index contributed by atoms with van der Waals surface area (Å²) in [5, 5.41) is 0. The number of hydrogen-bond acceptors (Lipinski definition) is 2. The number of allylic oxidation sites excluding steroid dienone is 1. The Labute approximate surface area is 99.5 Å². The molecule has 0 heterocycles. The zero-order chi connectivity index (χ0) is 12.3. The van der Waals surface area contributed by atoms with Crippen molar-refractivity contribution in [3.63, 3.8) is 0 Å². The summed E-state index contributed by atoms with van der Waals surface area (Å²) < 4.78 is 26.0. The van der Waals surface area contributed by atoms with Crippen LogP contribution in [0.2, 0.25) is 0 Å². The molecule has 0 saturated carbocycles. The van der Waals surface area contributed by atoms with Crippen molar-refractivity contribution in [3.8, 4) is 0 Å². The molecule has 0 spiro atoms. The fourth-order valence-corrected chi connectivity index (χ4v) is 2.23. The van der Waals surface area contributed by atoms with E-state index in [1.165, 1.54) is 12.5 Å². The van der Waals surface area contributed by atoms with E-state index in [9.17, 15) is 8.78 Å². The molecule has 17 heavy (non-hydrogen) atoms. The third-order valence-corrected chi connectivity index (χ3v) is 3.14. The van der Waals surface area contributed by atoms with Crippen LogP contribution in [0.15, 0.2) is 29.8 Å². The van der Waals surface area contributed by atoms with E-state index in [1.54, 1.807) is 6.07 Å². The molecule has 1 atom stereocenters. The predicted molar refractivity (Wildman–Crippen MR) is 63.0 cm³/mol. The number of nitrogens with two attached hydrogens (primary N) is 1. The lowest BCUT2D eigenvalue weighted by molar-refractivity contribution is 0.501. The van der Waals surface area contributed by atoms with E-state index in [4.69, 9.17) is 5.84 Å². The van der Waals surface area contributed by atoms with Gasteiger partial charge in [0.2, 0.25) is 0 Å². The summed E-state index contributed by atoms with van der Waals surface area (Å²) in [5.74, 6) is 3.85. The van der Waals surface area contributed by atoms with Gasteiger partial charge in [0, 0.05) is 0 Å². The monoisotopic (exact) mass is 238 g/mol. The van der Waals surface area contributed by atoms with E-state index in [-0.39, 0.29) is 6.04 Å². The van der Waals surface area contributed by atoms with E-state index >= 15 is 0 Å². The van der Waals surface area contributed by atoms with E-state index in [0.29, 0.717) is 5.56 Å². The second kappa shape index (κ2) is 5.38. The molecule has 0 aromatic heterocycles. The van der Waals surface area contributed by atoms with E-state index in [0.717, 1.165) is 30.9 Å². The third kappa shape index (κ3) is 2.70. The third-order valence-electron chi connectivity index (χ3n) is 3.14. The Morgan fingerprint density at radius 2 is 2.00 bits per heavy atom. The van der Waals surface area contributed by atoms with Crippen LogP contribution >= 0.6 is 0 Å². The molecule has 0 fully saturated rings. The average molecular weight is 238 g/mol. The van der Waals surface area contributed by atoms with Crippen molar-refractivity contribution in [3.05, 3.63) is 47.0 Å². The van der Waals surface area contributed by atoms with Crippen molar-refractivity contribution < 1.29 is 8.78 Å². The Hall–Kier alpha value is -1.26. The SMILES string of the molecule is NNC(C1=CCCCC1)c1ccc(F)c(F)c1. The molecule has 3 N–H and O–H groups in total. The molecular formula is C13H16F2N2. The highest BCUT2D eigenvalue weighted by Gasteiger charge is 2.18. The first kappa shape index (κ1) is 12.2. The van der Waals surface area contributed by atoms with Crippen LogP contribution < -0.4 is 11.3 Å². The highest BCUT2D eigenvalue weighted by Crippen LogP contribution is 2.29. The number of rotatable bonds is 3. The summed E-state index contributed by atoms with van der Waals surface area (Å²) in [7, 11) is 0. The van der Waals surface area contributed by atoms with Gasteiger partial charge < -0.3 is 0 Å². The molecule has 4 heteroatoms. The summed E-state index contributed by atoms with van der Waals surface area (Å²) >= 11 is 0. The standard InChI is InChI=1S/C13H16F2N2/c14-11-7-6-10(8-12(11)15)13(17-16)9-4-2-1-3-5-9/h4,6-8,13,17H,1-3,5,16H2. The van der Waals surface area contributed by atoms with Gasteiger partial charge in [-0.25, -0.2) is 14.2 Å². The van der Waals surface area contributed by atoms with Crippen LogP contribution in [0.5, 0.6) is 0 Å². The van der Waals surface area contributed by atoms with Gasteiger partial charge in [0.15, 0.2) is 11.6 Å². The molecule has 1 aromatic rings. The Balaban J connectivity index is 2.28. The molecule has 0 aliphatic heterocycles. The lowest BCUT2D eigenvalue weighted by Crippen LogP contribution is -2.30. The van der Waals surface area contributed by atoms with Crippen LogP contribution in [0.25, 0.3) is 0 Å². The van der Waals surface area contributed by atoms with Crippen LogP contribution in [0.4, 0.5) is 8.78 Å². The molecule has 0 amide bonds. The number of hydrazine groups is 1. The second-order valence-electron chi connectivity index (χ2n) is 4.30. The molecule has 2 rings (SSSR count). The molecule has 1 unspecified atom stereocenters. The zero-order valence-electron chi connectivity index (χ0n) is 9.55. The lowest BCUT2D eigenvalue weighted by Gasteiger charge is -2.23. The minimum atomic E-state index is -0.834. The Morgan fingerprint density at radius 1 is 1.18 bits per heavy atom. The van der Waals surface area contributed by atoms with Gasteiger partial charge in [0.05, 0.1) is 6.04 Å². The molecule has 0 radical (unpaired) electrons. The van der Waals surface area contributed by atoms with Gasteiger partial charge in [-0.2, -0.15) is 0 Å². The summed E-state index contributed by atoms with van der Waals surface area (Å²) in [4.78, 5) is 0. The van der Waals surface area contributed by atoms with Crippen molar-refractivity contribution >= 4 is 0 Å². The van der Waals surface area contributed by atoms with Crippen molar-refractivity contribution in [2.45, 2.75) is 31.7 Å². The smallest absolute Gasteiger partial charge is 0.159 e. The highest BCUT2D eigenvalue weighted by atomic mass is 19.2. The Bertz CT molecular complexity index is 429. The van der Waals surface area contributed by atoms with Crippen molar-refractivity contribution in [1.29, 1.82) is 0 Å². The van der Waals surface area contributed by atoms with Gasteiger partial charge in [0.1, 0.15) is 0 Å². The van der Waals surface area contributed by atoms with Crippen molar-refractivity contribution in [2.75, 3.05) is 0 Å². The fraction of sp³-hybridized carbons (Fsp3) is 0.385. The molecule has 0 saturated heterocycles. The number of nitrogens with one attached hydrogen (secondary N) is 1. The Morgan fingerprint density at radius 3 is 2.59 bits per heavy atom. The van der Waals surface area contributed by atoms with Crippen molar-refractivity contribution in [2.24, 2.45) is 5.84 Å². The van der Waals surface area contributed by atoms with Gasteiger partial charge in [-0.05, 0) is 43.4 Å². The molecule has 2 nitrogen and oxygen atoms in total. The summed E-state index contributed by atoms with van der Waals surface area (Å²) in [6.07, 6.45) is 6.41. The van der Waals surface area contributed by atoms with Crippen molar-refractivity contribution in [1.82, 2.24) is 5.43 Å². The molecule has 0 bridgehead atoms. The zero-order valence-corrected chi connectivity index (χ0v) is 9.55. The van der Waals surface area contributed by atoms with Crippen LogP contribution in [0.1, 0.15) is 37.3 Å². The largest absolute Gasteiger partial charge is 0.271 e. The molecule has 1 aliphatic carbocycles. The first-order valence-corrected chi connectivity index (χ1v) is 5.82. The lowest BCUT2D eigenvalue weighted by atomic mass is 9.90. The topological polar surface area (TPSA) is 38.0 Å². The fourth-order valence-electron chi connectivity index (χ4n) is 2.23. The van der Waals surface area contributed by atoms with E-state index < -0.39 is 11.6 Å².